The van der Waals surface area contributed by atoms with Crippen LogP contribution in [0.4, 0.5) is 0 Å². The highest BCUT2D eigenvalue weighted by Gasteiger charge is 2.33. The van der Waals surface area contributed by atoms with Crippen LogP contribution in [0.25, 0.3) is 11.0 Å². The van der Waals surface area contributed by atoms with Gasteiger partial charge in [0.05, 0.1) is 24.7 Å². The molecule has 2 heterocycles. The lowest BCUT2D eigenvalue weighted by Crippen LogP contribution is -2.38. The summed E-state index contributed by atoms with van der Waals surface area (Å²) in [7, 11) is 1.45. The largest absolute Gasteiger partial charge is 0.468 e. The number of piperidine rings is 1. The van der Waals surface area contributed by atoms with Gasteiger partial charge >= 0.3 is 5.97 Å². The summed E-state index contributed by atoms with van der Waals surface area (Å²) < 4.78 is 7.40. The van der Waals surface area contributed by atoms with Crippen molar-refractivity contribution in [2.45, 2.75) is 43.6 Å². The monoisotopic (exact) mass is 547 g/mol. The van der Waals surface area contributed by atoms with E-state index in [9.17, 15) is 4.79 Å². The molecule has 0 spiro atoms. The molecule has 1 aromatic heterocycles. The Morgan fingerprint density at radius 3 is 2.03 bits per heavy atom. The predicted molar refractivity (Wildman–Crippen MR) is 152 cm³/mol. The van der Waals surface area contributed by atoms with Crippen molar-refractivity contribution < 1.29 is 9.53 Å². The summed E-state index contributed by atoms with van der Waals surface area (Å²) in [6.07, 6.45) is 4.39. The van der Waals surface area contributed by atoms with Crippen LogP contribution in [0.15, 0.2) is 66.7 Å². The van der Waals surface area contributed by atoms with Gasteiger partial charge in [0.1, 0.15) is 5.82 Å². The molecule has 1 aliphatic heterocycles. The zero-order valence-corrected chi connectivity index (χ0v) is 23.0. The van der Waals surface area contributed by atoms with Gasteiger partial charge in [-0.15, -0.1) is 0 Å². The smallest absolute Gasteiger partial charge is 0.319 e. The molecule has 4 aromatic rings. The Kier molecular flexibility index (Phi) is 7.17. The number of benzene rings is 3. The minimum atomic E-state index is -0.171. The molecule has 3 aromatic carbocycles. The van der Waals surface area contributed by atoms with Crippen LogP contribution < -0.4 is 0 Å². The van der Waals surface area contributed by atoms with E-state index >= 15 is 0 Å². The Morgan fingerprint density at radius 1 is 0.895 bits per heavy atom. The fourth-order valence-corrected chi connectivity index (χ4v) is 6.04. The summed E-state index contributed by atoms with van der Waals surface area (Å²) in [5, 5.41) is 1.45. The Balaban J connectivity index is 1.40. The normalized spacial score (nSPS) is 16.8. The van der Waals surface area contributed by atoms with Crippen molar-refractivity contribution in [2.75, 3.05) is 26.7 Å². The highest BCUT2D eigenvalue weighted by atomic mass is 35.5. The summed E-state index contributed by atoms with van der Waals surface area (Å²) in [5.74, 6) is 1.64. The van der Waals surface area contributed by atoms with Crippen molar-refractivity contribution in [3.63, 3.8) is 0 Å². The minimum absolute atomic E-state index is 0.0450. The molecular formula is C31H31Cl2N3O2. The zero-order chi connectivity index (χ0) is 26.2. The van der Waals surface area contributed by atoms with E-state index in [1.165, 1.54) is 48.0 Å². The number of imidazole rings is 1. The molecule has 2 fully saturated rings. The van der Waals surface area contributed by atoms with Gasteiger partial charge in [-0.25, -0.2) is 4.98 Å². The molecular weight excluding hydrogens is 517 g/mol. The number of hydrogen-bond acceptors (Lipinski definition) is 4. The third-order valence-corrected chi connectivity index (χ3v) is 8.43. The van der Waals surface area contributed by atoms with Crippen LogP contribution in [-0.2, 0) is 9.53 Å². The van der Waals surface area contributed by atoms with Crippen LogP contribution in [0.2, 0.25) is 10.0 Å². The molecule has 2 aliphatic rings. The summed E-state index contributed by atoms with van der Waals surface area (Å²) >= 11 is 12.5. The van der Waals surface area contributed by atoms with E-state index in [1.54, 1.807) is 0 Å². The SMILES string of the molecule is COC(=O)CN1CCC(n2c(C3CC3)nc3ccc(C(c4ccc(Cl)cc4)c4ccc(Cl)cc4)cc32)CC1. The van der Waals surface area contributed by atoms with Crippen LogP contribution in [0.3, 0.4) is 0 Å². The van der Waals surface area contributed by atoms with Gasteiger partial charge in [-0.2, -0.15) is 0 Å². The van der Waals surface area contributed by atoms with E-state index in [0.717, 1.165) is 41.5 Å². The quantitative estimate of drug-likeness (QED) is 0.181. The van der Waals surface area contributed by atoms with Crippen LogP contribution >= 0.6 is 23.2 Å². The molecule has 0 radical (unpaired) electrons. The Morgan fingerprint density at radius 2 is 1.47 bits per heavy atom. The summed E-state index contributed by atoms with van der Waals surface area (Å²) in [5.41, 5.74) is 5.83. The lowest BCUT2D eigenvalue weighted by molar-refractivity contribution is -0.142. The van der Waals surface area contributed by atoms with Crippen molar-refractivity contribution in [1.29, 1.82) is 0 Å². The second kappa shape index (κ2) is 10.7. The van der Waals surface area contributed by atoms with Gasteiger partial charge in [0.15, 0.2) is 0 Å². The highest BCUT2D eigenvalue weighted by molar-refractivity contribution is 6.30. The molecule has 1 aliphatic carbocycles. The fraction of sp³-hybridized carbons (Fsp3) is 0.355. The standard InChI is InChI=1S/C31H31Cl2N3O2/c1-38-29(37)19-35-16-14-26(15-17-35)36-28-18-23(8-13-27(28)34-31(36)22-2-3-22)30(20-4-9-24(32)10-5-20)21-6-11-25(33)12-7-21/h4-13,18,22,26,30H,2-3,14-17,19H2,1H3. The van der Waals surface area contributed by atoms with Crippen molar-refractivity contribution in [1.82, 2.24) is 14.5 Å². The van der Waals surface area contributed by atoms with Crippen molar-refractivity contribution in [3.8, 4) is 0 Å². The molecule has 196 valence electrons. The number of carbonyl (C=O) groups is 1. The average Bonchev–Trinajstić information content (AvgIpc) is 3.72. The molecule has 1 saturated heterocycles. The van der Waals surface area contributed by atoms with E-state index in [-0.39, 0.29) is 11.9 Å². The van der Waals surface area contributed by atoms with Gasteiger partial charge in [-0.1, -0.05) is 53.5 Å². The van der Waals surface area contributed by atoms with Crippen molar-refractivity contribution in [3.05, 3.63) is 99.3 Å². The lowest BCUT2D eigenvalue weighted by Gasteiger charge is -2.33. The van der Waals surface area contributed by atoms with Crippen molar-refractivity contribution in [2.24, 2.45) is 0 Å². The molecule has 0 bridgehead atoms. The van der Waals surface area contributed by atoms with Crippen molar-refractivity contribution >= 4 is 40.2 Å². The van der Waals surface area contributed by atoms with Gasteiger partial charge in [0.25, 0.3) is 0 Å². The second-order valence-corrected chi connectivity index (χ2v) is 11.4. The number of esters is 1. The first-order valence-electron chi connectivity index (χ1n) is 13.3. The maximum Gasteiger partial charge on any atom is 0.319 e. The second-order valence-electron chi connectivity index (χ2n) is 10.5. The van der Waals surface area contributed by atoms with E-state index < -0.39 is 0 Å². The number of carbonyl (C=O) groups excluding carboxylic acids is 1. The van der Waals surface area contributed by atoms with Crippen LogP contribution in [0.1, 0.15) is 66.1 Å². The molecule has 0 amide bonds. The topological polar surface area (TPSA) is 47.4 Å². The molecule has 7 heteroatoms. The first-order valence-corrected chi connectivity index (χ1v) is 14.1. The third-order valence-electron chi connectivity index (χ3n) is 7.93. The molecule has 1 saturated carbocycles. The molecule has 0 atom stereocenters. The zero-order valence-electron chi connectivity index (χ0n) is 21.4. The average molecular weight is 549 g/mol. The molecule has 0 N–H and O–H groups in total. The number of methoxy groups -OCH3 is 1. The van der Waals surface area contributed by atoms with E-state index in [4.69, 9.17) is 32.9 Å². The molecule has 0 unspecified atom stereocenters. The highest BCUT2D eigenvalue weighted by Crippen LogP contribution is 2.44. The van der Waals surface area contributed by atoms with Gasteiger partial charge in [-0.3, -0.25) is 9.69 Å². The molecule has 38 heavy (non-hydrogen) atoms. The number of likely N-dealkylation sites (tertiary alicyclic amines) is 1. The summed E-state index contributed by atoms with van der Waals surface area (Å²) in [6, 6.07) is 23.3. The third kappa shape index (κ3) is 5.20. The van der Waals surface area contributed by atoms with Gasteiger partial charge in [-0.05, 0) is 78.8 Å². The number of fused-ring (bicyclic) bond motifs is 1. The Hall–Kier alpha value is -2.86. The maximum atomic E-state index is 11.8. The van der Waals surface area contributed by atoms with E-state index in [0.29, 0.717) is 18.5 Å². The first-order chi connectivity index (χ1) is 18.5. The van der Waals surface area contributed by atoms with Gasteiger partial charge < -0.3 is 9.30 Å². The summed E-state index contributed by atoms with van der Waals surface area (Å²) in [6.45, 7) is 2.11. The lowest BCUT2D eigenvalue weighted by atomic mass is 9.85. The van der Waals surface area contributed by atoms with Gasteiger partial charge in [0.2, 0.25) is 0 Å². The number of nitrogens with zero attached hydrogens (tertiary/aromatic N) is 3. The fourth-order valence-electron chi connectivity index (χ4n) is 5.79. The maximum absolute atomic E-state index is 11.8. The Bertz CT molecular complexity index is 1390. The summed E-state index contributed by atoms with van der Waals surface area (Å²) in [4.78, 5) is 19.1. The predicted octanol–water partition coefficient (Wildman–Crippen LogP) is 7.21. The molecule has 6 rings (SSSR count). The number of aromatic nitrogens is 2. The molecule has 5 nitrogen and oxygen atoms in total. The van der Waals surface area contributed by atoms with Crippen LogP contribution in [0.5, 0.6) is 0 Å². The Labute approximate surface area is 233 Å². The number of rotatable bonds is 7. The number of hydrogen-bond donors (Lipinski definition) is 0. The van der Waals surface area contributed by atoms with E-state index in [1.807, 2.05) is 24.3 Å². The number of ether oxygens (including phenoxy) is 1. The van der Waals surface area contributed by atoms with Gasteiger partial charge in [0, 0.05) is 41.0 Å². The van der Waals surface area contributed by atoms with Crippen LogP contribution in [0, 0.1) is 0 Å². The van der Waals surface area contributed by atoms with E-state index in [2.05, 4.69) is 51.9 Å². The minimum Gasteiger partial charge on any atom is -0.468 e. The van der Waals surface area contributed by atoms with Crippen LogP contribution in [-0.4, -0.2) is 47.2 Å². The number of halogens is 2. The first kappa shape index (κ1) is 25.4.